The van der Waals surface area contributed by atoms with E-state index in [9.17, 15) is 0 Å². The average molecular weight is 513 g/mol. The van der Waals surface area contributed by atoms with Crippen LogP contribution in [-0.2, 0) is 19.0 Å². The predicted octanol–water partition coefficient (Wildman–Crippen LogP) is 6.77. The van der Waals surface area contributed by atoms with Crippen LogP contribution in [0.3, 0.4) is 0 Å². The van der Waals surface area contributed by atoms with Crippen molar-refractivity contribution < 1.29 is 0 Å². The van der Waals surface area contributed by atoms with Crippen molar-refractivity contribution in [1.82, 2.24) is 19.9 Å². The first kappa shape index (κ1) is 22.3. The molecule has 0 bridgehead atoms. The Morgan fingerprint density at radius 2 is 1.97 bits per heavy atom. The first-order chi connectivity index (χ1) is 17.5. The Morgan fingerprint density at radius 1 is 1.08 bits per heavy atom. The van der Waals surface area contributed by atoms with Gasteiger partial charge in [-0.2, -0.15) is 0 Å². The quantitative estimate of drug-likeness (QED) is 0.310. The lowest BCUT2D eigenvalue weighted by molar-refractivity contribution is 0.676. The van der Waals surface area contributed by atoms with Gasteiger partial charge in [0.2, 0.25) is 0 Å². The highest BCUT2D eigenvalue weighted by Crippen LogP contribution is 2.67. The summed E-state index contributed by atoms with van der Waals surface area (Å²) >= 11 is 12.9. The van der Waals surface area contributed by atoms with Gasteiger partial charge in [0.25, 0.3) is 0 Å². The molecule has 36 heavy (non-hydrogen) atoms. The van der Waals surface area contributed by atoms with Crippen molar-refractivity contribution in [2.75, 3.05) is 0 Å². The van der Waals surface area contributed by atoms with Crippen LogP contribution < -0.4 is 5.32 Å². The number of imidazole rings is 1. The lowest BCUT2D eigenvalue weighted by Crippen LogP contribution is -2.18. The molecule has 0 radical (unpaired) electrons. The fourth-order valence-electron chi connectivity index (χ4n) is 6.06. The van der Waals surface area contributed by atoms with Crippen LogP contribution in [0.1, 0.15) is 29.8 Å². The number of fused-ring (bicyclic) bond motifs is 2. The van der Waals surface area contributed by atoms with Crippen LogP contribution in [0.25, 0.3) is 22.0 Å². The first-order valence-electron chi connectivity index (χ1n) is 12.5. The Morgan fingerprint density at radius 3 is 2.72 bits per heavy atom. The van der Waals surface area contributed by atoms with Crippen LogP contribution in [-0.4, -0.2) is 20.6 Å². The molecule has 0 saturated heterocycles. The maximum Gasteiger partial charge on any atom is 0.0945 e. The molecule has 4 aromatic rings. The summed E-state index contributed by atoms with van der Waals surface area (Å²) in [4.78, 5) is 9.52. The average Bonchev–Trinajstić information content (AvgIpc) is 3.78. The normalized spacial score (nSPS) is 24.6. The maximum atomic E-state index is 6.47. The number of nitrogens with zero attached hydrogens (tertiary/aromatic N) is 3. The highest BCUT2D eigenvalue weighted by atomic mass is 35.5. The summed E-state index contributed by atoms with van der Waals surface area (Å²) in [6.45, 7) is 0.771. The van der Waals surface area contributed by atoms with E-state index in [-0.39, 0.29) is 5.41 Å². The first-order valence-corrected chi connectivity index (χ1v) is 13.3. The molecule has 3 aliphatic rings. The van der Waals surface area contributed by atoms with Gasteiger partial charge in [0.15, 0.2) is 0 Å². The Balaban J connectivity index is 1.42. The van der Waals surface area contributed by atoms with Crippen LogP contribution in [0.5, 0.6) is 0 Å². The number of aromatic nitrogens is 3. The molecule has 2 aromatic carbocycles. The van der Waals surface area contributed by atoms with Crippen LogP contribution in [0.2, 0.25) is 5.02 Å². The van der Waals surface area contributed by atoms with Gasteiger partial charge in [-0.3, -0.25) is 4.98 Å². The summed E-state index contributed by atoms with van der Waals surface area (Å²) in [5.41, 5.74) is 6.56. The zero-order valence-electron chi connectivity index (χ0n) is 20.0. The summed E-state index contributed by atoms with van der Waals surface area (Å²) in [7, 11) is 2.07. The molecule has 2 aromatic heterocycles. The molecule has 2 heterocycles. The van der Waals surface area contributed by atoms with Crippen molar-refractivity contribution >= 4 is 34.1 Å². The molecule has 2 saturated carbocycles. The van der Waals surface area contributed by atoms with E-state index in [2.05, 4.69) is 64.4 Å². The Hall–Kier alpha value is -2.92. The van der Waals surface area contributed by atoms with Gasteiger partial charge >= 0.3 is 0 Å². The molecule has 2 fully saturated rings. The summed E-state index contributed by atoms with van der Waals surface area (Å²) < 4.78 is 2.14. The smallest absolute Gasteiger partial charge is 0.0945 e. The van der Waals surface area contributed by atoms with Gasteiger partial charge in [-0.05, 0) is 65.9 Å². The predicted molar refractivity (Wildman–Crippen MR) is 146 cm³/mol. The Kier molecular flexibility index (Phi) is 5.14. The minimum absolute atomic E-state index is 0.204. The monoisotopic (exact) mass is 512 g/mol. The number of nitrogens with one attached hydrogen (secondary N) is 1. The van der Waals surface area contributed by atoms with Gasteiger partial charge in [-0.25, -0.2) is 4.98 Å². The second-order valence-corrected chi connectivity index (χ2v) is 11.2. The fraction of sp³-hybridized carbons (Fsp3) is 0.267. The van der Waals surface area contributed by atoms with Crippen LogP contribution in [0, 0.1) is 11.8 Å². The minimum Gasteiger partial charge on any atom is -0.337 e. The molecule has 3 aliphatic carbocycles. The Labute approximate surface area is 220 Å². The van der Waals surface area contributed by atoms with Crippen molar-refractivity contribution in [3.05, 3.63) is 106 Å². The number of hydrogen-bond donors (Lipinski definition) is 1. The van der Waals surface area contributed by atoms with E-state index in [1.165, 1.54) is 24.1 Å². The highest BCUT2D eigenvalue weighted by molar-refractivity contribution is 6.31. The summed E-state index contributed by atoms with van der Waals surface area (Å²) in [5, 5.41) is 6.28. The molecule has 3 unspecified atom stereocenters. The third-order valence-electron chi connectivity index (χ3n) is 8.00. The van der Waals surface area contributed by atoms with Crippen LogP contribution in [0.4, 0.5) is 0 Å². The number of halogens is 2. The van der Waals surface area contributed by atoms with Gasteiger partial charge in [0, 0.05) is 58.8 Å². The lowest BCUT2D eigenvalue weighted by Gasteiger charge is -2.21. The molecule has 3 atom stereocenters. The van der Waals surface area contributed by atoms with E-state index in [1.54, 1.807) is 0 Å². The van der Waals surface area contributed by atoms with Crippen molar-refractivity contribution in [3.63, 3.8) is 0 Å². The van der Waals surface area contributed by atoms with Gasteiger partial charge < -0.3 is 9.88 Å². The van der Waals surface area contributed by atoms with Crippen molar-refractivity contribution in [2.24, 2.45) is 18.9 Å². The second-order valence-electron chi connectivity index (χ2n) is 10.3. The molecule has 6 heteroatoms. The number of benzene rings is 2. The summed E-state index contributed by atoms with van der Waals surface area (Å²) in [6.07, 6.45) is 12.9. The van der Waals surface area contributed by atoms with Crippen molar-refractivity contribution in [3.8, 4) is 11.1 Å². The molecule has 0 amide bonds. The van der Waals surface area contributed by atoms with E-state index < -0.39 is 0 Å². The molecule has 0 aliphatic heterocycles. The van der Waals surface area contributed by atoms with Gasteiger partial charge in [-0.1, -0.05) is 53.6 Å². The molecule has 1 N–H and O–H groups in total. The fourth-order valence-corrected chi connectivity index (χ4v) is 6.46. The standard InChI is InChI=1S/C30H26Cl2N4/c1-36-17-33-16-29(36)30(26-9-6-21(32)13-27(26)30)19-5-10-28-25(12-19)24(18-3-2-4-20(31)11-18)14-23(35-28)15-34-22-7-8-22/h2-6,9-14,16-17,22,26-27,34H,7-8,15H2,1H3. The third kappa shape index (κ3) is 3.54. The van der Waals surface area contributed by atoms with Gasteiger partial charge in [0.05, 0.1) is 23.0 Å². The zero-order chi connectivity index (χ0) is 24.4. The topological polar surface area (TPSA) is 42.7 Å². The largest absolute Gasteiger partial charge is 0.337 e. The molecule has 180 valence electrons. The van der Waals surface area contributed by atoms with Gasteiger partial charge in [0.1, 0.15) is 0 Å². The van der Waals surface area contributed by atoms with E-state index in [0.29, 0.717) is 17.9 Å². The minimum atomic E-state index is -0.204. The van der Waals surface area contributed by atoms with E-state index in [0.717, 1.165) is 44.3 Å². The van der Waals surface area contributed by atoms with Crippen LogP contribution >= 0.6 is 23.2 Å². The number of allylic oxidation sites excluding steroid dienone is 4. The van der Waals surface area contributed by atoms with Gasteiger partial charge in [-0.15, -0.1) is 0 Å². The van der Waals surface area contributed by atoms with E-state index in [4.69, 9.17) is 28.2 Å². The third-order valence-corrected chi connectivity index (χ3v) is 8.48. The van der Waals surface area contributed by atoms with E-state index in [1.807, 2.05) is 36.8 Å². The molecule has 0 spiro atoms. The number of pyridine rings is 1. The molecule has 7 rings (SSSR count). The number of rotatable bonds is 6. The zero-order valence-corrected chi connectivity index (χ0v) is 21.5. The maximum absolute atomic E-state index is 6.47. The van der Waals surface area contributed by atoms with Crippen LogP contribution in [0.15, 0.2) is 84.3 Å². The summed E-state index contributed by atoms with van der Waals surface area (Å²) in [6, 6.07) is 17.7. The molecular formula is C30H26Cl2N4. The summed E-state index contributed by atoms with van der Waals surface area (Å²) in [5.74, 6) is 0.643. The number of hydrogen-bond acceptors (Lipinski definition) is 3. The second kappa shape index (κ2) is 8.31. The van der Waals surface area contributed by atoms with E-state index >= 15 is 0 Å². The number of aryl methyl sites for hydroxylation is 1. The molecule has 4 nitrogen and oxygen atoms in total. The van der Waals surface area contributed by atoms with Crippen molar-refractivity contribution in [2.45, 2.75) is 30.8 Å². The Bertz CT molecular complexity index is 1560. The lowest BCUT2D eigenvalue weighted by atomic mass is 9.86. The van der Waals surface area contributed by atoms with Crippen molar-refractivity contribution in [1.29, 1.82) is 0 Å². The highest BCUT2D eigenvalue weighted by Gasteiger charge is 2.66. The SMILES string of the molecule is Cn1cncc1C1(c2ccc3nc(CNC4CC4)cc(-c4cccc(Cl)c4)c3c2)C2C=CC(Cl)=CC21. The molecular weight excluding hydrogens is 487 g/mol.